The van der Waals surface area contributed by atoms with Crippen molar-refractivity contribution in [3.05, 3.63) is 23.9 Å². The van der Waals surface area contributed by atoms with Crippen LogP contribution >= 0.6 is 0 Å². The first-order valence-electron chi connectivity index (χ1n) is 3.54. The summed E-state index contributed by atoms with van der Waals surface area (Å²) in [5, 5.41) is 2.52. The van der Waals surface area contributed by atoms with Gasteiger partial charge >= 0.3 is 0 Å². The molecule has 0 unspecified atom stereocenters. The van der Waals surface area contributed by atoms with Crippen molar-refractivity contribution in [1.82, 2.24) is 10.3 Å². The topological polar surface area (TPSA) is 51.2 Å². The molecule has 0 aliphatic heterocycles. The first kappa shape index (κ1) is 8.52. The summed E-state index contributed by atoms with van der Waals surface area (Å²) in [5.41, 5.74) is 0.779. The monoisotopic (exact) mass is 166 g/mol. The normalized spacial score (nSPS) is 9.08. The molecule has 1 aromatic heterocycles. The molecule has 12 heavy (non-hydrogen) atoms. The standard InChI is InChI=1S/C8H10N2O2/c1-12-8-4-2-3-7(10-8)5-9-6-11/h2-4,6H,5H2,1H3,(H,9,11). The van der Waals surface area contributed by atoms with Crippen LogP contribution in [0.5, 0.6) is 5.88 Å². The van der Waals surface area contributed by atoms with Crippen LogP contribution in [0.2, 0.25) is 0 Å². The van der Waals surface area contributed by atoms with E-state index in [1.54, 1.807) is 13.2 Å². The van der Waals surface area contributed by atoms with Crippen LogP contribution in [0.4, 0.5) is 0 Å². The van der Waals surface area contributed by atoms with Crippen molar-refractivity contribution >= 4 is 6.41 Å². The second-order valence-electron chi connectivity index (χ2n) is 2.17. The van der Waals surface area contributed by atoms with Crippen molar-refractivity contribution in [3.63, 3.8) is 0 Å². The highest BCUT2D eigenvalue weighted by atomic mass is 16.5. The van der Waals surface area contributed by atoms with Crippen molar-refractivity contribution in [2.75, 3.05) is 7.11 Å². The maximum absolute atomic E-state index is 9.96. The zero-order valence-corrected chi connectivity index (χ0v) is 6.78. The molecule has 0 atom stereocenters. The fourth-order valence-corrected chi connectivity index (χ4v) is 0.816. The highest BCUT2D eigenvalue weighted by molar-refractivity contribution is 5.45. The average Bonchev–Trinajstić information content (AvgIpc) is 2.15. The summed E-state index contributed by atoms with van der Waals surface area (Å²) in [7, 11) is 1.55. The Hall–Kier alpha value is -1.58. The van der Waals surface area contributed by atoms with Crippen LogP contribution in [0.3, 0.4) is 0 Å². The van der Waals surface area contributed by atoms with Crippen LogP contribution in [-0.2, 0) is 11.3 Å². The zero-order valence-electron chi connectivity index (χ0n) is 6.78. The van der Waals surface area contributed by atoms with Gasteiger partial charge in [-0.3, -0.25) is 4.79 Å². The Morgan fingerprint density at radius 2 is 2.50 bits per heavy atom. The maximum Gasteiger partial charge on any atom is 0.213 e. The highest BCUT2D eigenvalue weighted by Crippen LogP contribution is 2.05. The second kappa shape index (κ2) is 4.33. The minimum absolute atomic E-state index is 0.431. The second-order valence-corrected chi connectivity index (χ2v) is 2.17. The molecule has 64 valence electrons. The lowest BCUT2D eigenvalue weighted by Gasteiger charge is -2.01. The number of rotatable bonds is 4. The molecule has 1 N–H and O–H groups in total. The van der Waals surface area contributed by atoms with Crippen LogP contribution in [0.1, 0.15) is 5.69 Å². The molecule has 1 amide bonds. The van der Waals surface area contributed by atoms with Gasteiger partial charge in [-0.15, -0.1) is 0 Å². The molecule has 0 aliphatic rings. The Balaban J connectivity index is 2.65. The molecular weight excluding hydrogens is 156 g/mol. The number of pyridine rings is 1. The molecule has 0 saturated heterocycles. The SMILES string of the molecule is COc1cccc(CNC=O)n1. The summed E-state index contributed by atoms with van der Waals surface area (Å²) in [6.45, 7) is 0.431. The number of hydrogen-bond acceptors (Lipinski definition) is 3. The molecule has 0 aromatic carbocycles. The molecule has 0 bridgehead atoms. The summed E-state index contributed by atoms with van der Waals surface area (Å²) < 4.78 is 4.91. The molecule has 0 spiro atoms. The molecule has 4 nitrogen and oxygen atoms in total. The van der Waals surface area contributed by atoms with E-state index in [1.165, 1.54) is 0 Å². The number of carbonyl (C=O) groups excluding carboxylic acids is 1. The summed E-state index contributed by atoms with van der Waals surface area (Å²) in [4.78, 5) is 14.0. The van der Waals surface area contributed by atoms with Crippen molar-refractivity contribution in [2.45, 2.75) is 6.54 Å². The van der Waals surface area contributed by atoms with Gasteiger partial charge in [-0.05, 0) is 6.07 Å². The van der Waals surface area contributed by atoms with Gasteiger partial charge in [-0.2, -0.15) is 0 Å². The van der Waals surface area contributed by atoms with E-state index in [9.17, 15) is 4.79 Å². The van der Waals surface area contributed by atoms with Gasteiger partial charge in [0.1, 0.15) is 0 Å². The van der Waals surface area contributed by atoms with E-state index in [4.69, 9.17) is 4.74 Å². The fraction of sp³-hybridized carbons (Fsp3) is 0.250. The van der Waals surface area contributed by atoms with E-state index in [1.807, 2.05) is 12.1 Å². The molecule has 0 radical (unpaired) electrons. The number of carbonyl (C=O) groups is 1. The summed E-state index contributed by atoms with van der Waals surface area (Å²) >= 11 is 0. The average molecular weight is 166 g/mol. The van der Waals surface area contributed by atoms with E-state index in [-0.39, 0.29) is 0 Å². The molecule has 1 rings (SSSR count). The molecule has 1 aromatic rings. The predicted octanol–water partition coefficient (Wildman–Crippen LogP) is 0.336. The van der Waals surface area contributed by atoms with Crippen LogP contribution in [-0.4, -0.2) is 18.5 Å². The number of methoxy groups -OCH3 is 1. The number of aromatic nitrogens is 1. The highest BCUT2D eigenvalue weighted by Gasteiger charge is 1.95. The van der Waals surface area contributed by atoms with Gasteiger partial charge in [-0.25, -0.2) is 4.98 Å². The van der Waals surface area contributed by atoms with Gasteiger partial charge in [0.05, 0.1) is 19.3 Å². The quantitative estimate of drug-likeness (QED) is 0.656. The number of ether oxygens (including phenoxy) is 1. The lowest BCUT2D eigenvalue weighted by atomic mass is 10.3. The molecular formula is C8H10N2O2. The predicted molar refractivity (Wildman–Crippen MR) is 43.7 cm³/mol. The number of nitrogens with one attached hydrogen (secondary N) is 1. The largest absolute Gasteiger partial charge is 0.481 e. The maximum atomic E-state index is 9.96. The van der Waals surface area contributed by atoms with E-state index in [2.05, 4.69) is 10.3 Å². The fourth-order valence-electron chi connectivity index (χ4n) is 0.816. The van der Waals surface area contributed by atoms with Crippen LogP contribution in [0, 0.1) is 0 Å². The Morgan fingerprint density at radius 1 is 1.67 bits per heavy atom. The van der Waals surface area contributed by atoms with Gasteiger partial charge in [-0.1, -0.05) is 6.07 Å². The Kier molecular flexibility index (Phi) is 3.07. The smallest absolute Gasteiger partial charge is 0.213 e. The minimum Gasteiger partial charge on any atom is -0.481 e. The van der Waals surface area contributed by atoms with Crippen molar-refractivity contribution < 1.29 is 9.53 Å². The molecule has 4 heteroatoms. The summed E-state index contributed by atoms with van der Waals surface area (Å²) in [5.74, 6) is 0.556. The number of nitrogens with zero attached hydrogens (tertiary/aromatic N) is 1. The Bertz CT molecular complexity index is 263. The van der Waals surface area contributed by atoms with Gasteiger partial charge in [0.2, 0.25) is 12.3 Å². The van der Waals surface area contributed by atoms with Gasteiger partial charge in [0, 0.05) is 6.07 Å². The van der Waals surface area contributed by atoms with Crippen LogP contribution < -0.4 is 10.1 Å². The Labute approximate surface area is 70.6 Å². The molecule has 0 aliphatic carbocycles. The Morgan fingerprint density at radius 3 is 3.17 bits per heavy atom. The number of amides is 1. The van der Waals surface area contributed by atoms with Gasteiger partial charge < -0.3 is 10.1 Å². The molecule has 0 saturated carbocycles. The summed E-state index contributed by atoms with van der Waals surface area (Å²) in [6, 6.07) is 5.40. The van der Waals surface area contributed by atoms with E-state index in [0.29, 0.717) is 18.8 Å². The lowest BCUT2D eigenvalue weighted by molar-refractivity contribution is -0.109. The molecule has 1 heterocycles. The minimum atomic E-state index is 0.431. The van der Waals surface area contributed by atoms with Crippen LogP contribution in [0.15, 0.2) is 18.2 Å². The van der Waals surface area contributed by atoms with E-state index >= 15 is 0 Å². The first-order valence-corrected chi connectivity index (χ1v) is 3.54. The summed E-state index contributed by atoms with van der Waals surface area (Å²) in [6.07, 6.45) is 0.640. The molecule has 0 fully saturated rings. The first-order chi connectivity index (χ1) is 5.86. The van der Waals surface area contributed by atoms with Crippen LogP contribution in [0.25, 0.3) is 0 Å². The van der Waals surface area contributed by atoms with Crippen molar-refractivity contribution in [1.29, 1.82) is 0 Å². The lowest BCUT2D eigenvalue weighted by Crippen LogP contribution is -2.11. The van der Waals surface area contributed by atoms with Gasteiger partial charge in [0.15, 0.2) is 0 Å². The zero-order chi connectivity index (χ0) is 8.81. The van der Waals surface area contributed by atoms with Gasteiger partial charge in [0.25, 0.3) is 0 Å². The van der Waals surface area contributed by atoms with Crippen molar-refractivity contribution in [3.8, 4) is 5.88 Å². The van der Waals surface area contributed by atoms with E-state index in [0.717, 1.165) is 5.69 Å². The number of hydrogen-bond donors (Lipinski definition) is 1. The van der Waals surface area contributed by atoms with E-state index < -0.39 is 0 Å². The van der Waals surface area contributed by atoms with Crippen molar-refractivity contribution in [2.24, 2.45) is 0 Å². The third-order valence-corrected chi connectivity index (χ3v) is 1.36. The third-order valence-electron chi connectivity index (χ3n) is 1.36. The third kappa shape index (κ3) is 2.23.